The molecule has 0 aliphatic carbocycles. The van der Waals surface area contributed by atoms with E-state index in [1.54, 1.807) is 17.2 Å². The van der Waals surface area contributed by atoms with Crippen molar-refractivity contribution in [2.45, 2.75) is 32.8 Å². The van der Waals surface area contributed by atoms with Crippen LogP contribution in [0, 0.1) is 6.92 Å². The highest BCUT2D eigenvalue weighted by molar-refractivity contribution is 6.05. The number of aromatic nitrogens is 1. The van der Waals surface area contributed by atoms with Crippen molar-refractivity contribution in [3.8, 4) is 0 Å². The summed E-state index contributed by atoms with van der Waals surface area (Å²) in [5, 5.41) is 16.1. The van der Waals surface area contributed by atoms with E-state index in [0.29, 0.717) is 17.8 Å². The number of aliphatic hydroxyl groups excluding tert-OH is 1. The number of aliphatic hydroxyl groups is 1. The van der Waals surface area contributed by atoms with Crippen molar-refractivity contribution in [1.29, 1.82) is 0 Å². The van der Waals surface area contributed by atoms with Gasteiger partial charge in [-0.15, -0.1) is 0 Å². The molecule has 1 aliphatic heterocycles. The molecule has 2 heterocycles. The molecule has 0 bridgehead atoms. The Morgan fingerprint density at radius 1 is 0.975 bits per heavy atom. The zero-order valence-corrected chi connectivity index (χ0v) is 22.9. The van der Waals surface area contributed by atoms with Gasteiger partial charge in [0, 0.05) is 59.8 Å². The normalized spacial score (nSPS) is 13.6. The molecule has 8 nitrogen and oxygen atoms in total. The van der Waals surface area contributed by atoms with Gasteiger partial charge in [0.25, 0.3) is 11.8 Å². The molecule has 1 fully saturated rings. The summed E-state index contributed by atoms with van der Waals surface area (Å²) >= 11 is 0. The number of H-pyrrole nitrogens is 1. The third-order valence-electron chi connectivity index (χ3n) is 7.29. The fourth-order valence-electron chi connectivity index (χ4n) is 4.97. The van der Waals surface area contributed by atoms with E-state index in [4.69, 9.17) is 0 Å². The van der Waals surface area contributed by atoms with Crippen LogP contribution in [0.3, 0.4) is 0 Å². The molecular formula is C32H35N5O3. The third kappa shape index (κ3) is 6.18. The van der Waals surface area contributed by atoms with Gasteiger partial charge in [0.1, 0.15) is 5.69 Å². The zero-order valence-electron chi connectivity index (χ0n) is 22.9. The lowest BCUT2D eigenvalue weighted by Crippen LogP contribution is -2.35. The van der Waals surface area contributed by atoms with Crippen LogP contribution in [-0.4, -0.2) is 47.6 Å². The second-order valence-corrected chi connectivity index (χ2v) is 10.1. The number of anilines is 5. The first-order valence-electron chi connectivity index (χ1n) is 13.7. The van der Waals surface area contributed by atoms with Gasteiger partial charge in [-0.3, -0.25) is 9.59 Å². The van der Waals surface area contributed by atoms with Crippen LogP contribution in [0.4, 0.5) is 28.4 Å². The van der Waals surface area contributed by atoms with Gasteiger partial charge in [-0.2, -0.15) is 0 Å². The van der Waals surface area contributed by atoms with Crippen molar-refractivity contribution >= 4 is 40.3 Å². The molecule has 4 aromatic rings. The molecule has 0 radical (unpaired) electrons. The van der Waals surface area contributed by atoms with E-state index >= 15 is 0 Å². The van der Waals surface area contributed by atoms with Crippen molar-refractivity contribution < 1.29 is 14.7 Å². The number of aryl methyl sites for hydroxylation is 1. The molecule has 1 aromatic heterocycles. The van der Waals surface area contributed by atoms with Crippen LogP contribution in [-0.2, 0) is 0 Å². The molecule has 206 valence electrons. The average Bonchev–Trinajstić information content (AvgIpc) is 3.52. The molecule has 1 saturated heterocycles. The molecule has 0 unspecified atom stereocenters. The lowest BCUT2D eigenvalue weighted by molar-refractivity contribution is 0.0982. The summed E-state index contributed by atoms with van der Waals surface area (Å²) in [6.45, 7) is 6.14. The van der Waals surface area contributed by atoms with Gasteiger partial charge in [-0.25, -0.2) is 0 Å². The molecule has 8 heteroatoms. The number of piperidine rings is 1. The molecule has 4 N–H and O–H groups in total. The highest BCUT2D eigenvalue weighted by Gasteiger charge is 2.18. The molecule has 1 aliphatic rings. The Hall–Kier alpha value is -4.56. The lowest BCUT2D eigenvalue weighted by Gasteiger charge is -2.31. The van der Waals surface area contributed by atoms with Crippen molar-refractivity contribution in [3.63, 3.8) is 0 Å². The van der Waals surface area contributed by atoms with Crippen molar-refractivity contribution in [2.75, 3.05) is 40.1 Å². The van der Waals surface area contributed by atoms with Crippen LogP contribution in [0.5, 0.6) is 0 Å². The van der Waals surface area contributed by atoms with Gasteiger partial charge < -0.3 is 30.5 Å². The number of hydrogen-bond acceptors (Lipinski definition) is 5. The number of amides is 2. The van der Waals surface area contributed by atoms with Gasteiger partial charge in [0.05, 0.1) is 6.10 Å². The smallest absolute Gasteiger partial charge is 0.274 e. The van der Waals surface area contributed by atoms with E-state index in [9.17, 15) is 14.7 Å². The maximum atomic E-state index is 12.9. The number of rotatable bonds is 8. The van der Waals surface area contributed by atoms with Gasteiger partial charge >= 0.3 is 0 Å². The maximum absolute atomic E-state index is 12.9. The molecule has 0 spiro atoms. The standard InChI is InChI=1S/C32H35N5O3/c1-3-37(32(40)30-5-4-18-33-30)27-13-8-24(9-14-27)34-29-15-10-25(21-22(29)2)35-31(39)23-6-11-26(12-7-23)36-19-16-28(38)17-20-36/h4-15,18,21,28,33-34,38H,3,16-17,19-20H2,1-2H3,(H,35,39). The van der Waals surface area contributed by atoms with E-state index in [2.05, 4.69) is 20.5 Å². The van der Waals surface area contributed by atoms with Crippen molar-refractivity contribution in [1.82, 2.24) is 4.98 Å². The topological polar surface area (TPSA) is 101 Å². The first kappa shape index (κ1) is 27.0. The minimum absolute atomic E-state index is 0.0691. The van der Waals surface area contributed by atoms with Crippen LogP contribution >= 0.6 is 0 Å². The second-order valence-electron chi connectivity index (χ2n) is 10.1. The minimum Gasteiger partial charge on any atom is -0.393 e. The third-order valence-corrected chi connectivity index (χ3v) is 7.29. The Kier molecular flexibility index (Phi) is 8.17. The predicted octanol–water partition coefficient (Wildman–Crippen LogP) is 5.95. The Labute approximate surface area is 234 Å². The number of nitrogens with zero attached hydrogens (tertiary/aromatic N) is 2. The molecule has 2 amide bonds. The van der Waals surface area contributed by atoms with Crippen molar-refractivity contribution in [3.05, 3.63) is 102 Å². The number of carbonyl (C=O) groups is 2. The Bertz CT molecular complexity index is 1440. The monoisotopic (exact) mass is 537 g/mol. The summed E-state index contributed by atoms with van der Waals surface area (Å²) in [5.74, 6) is -0.231. The van der Waals surface area contributed by atoms with E-state index < -0.39 is 0 Å². The highest BCUT2D eigenvalue weighted by atomic mass is 16.3. The van der Waals surface area contributed by atoms with E-state index in [0.717, 1.165) is 59.9 Å². The number of benzene rings is 3. The summed E-state index contributed by atoms with van der Waals surface area (Å²) < 4.78 is 0. The summed E-state index contributed by atoms with van der Waals surface area (Å²) in [7, 11) is 0. The molecule has 3 aromatic carbocycles. The van der Waals surface area contributed by atoms with Gasteiger partial charge in [0.15, 0.2) is 0 Å². The first-order valence-corrected chi connectivity index (χ1v) is 13.7. The van der Waals surface area contributed by atoms with Crippen LogP contribution in [0.1, 0.15) is 46.2 Å². The van der Waals surface area contributed by atoms with Gasteiger partial charge in [-0.1, -0.05) is 0 Å². The van der Waals surface area contributed by atoms with E-state index in [1.807, 2.05) is 86.6 Å². The van der Waals surface area contributed by atoms with E-state index in [-0.39, 0.29) is 17.9 Å². The predicted molar refractivity (Wildman–Crippen MR) is 161 cm³/mol. The fourth-order valence-corrected chi connectivity index (χ4v) is 4.97. The minimum atomic E-state index is -0.212. The fraction of sp³-hybridized carbons (Fsp3) is 0.250. The van der Waals surface area contributed by atoms with Crippen LogP contribution in [0.25, 0.3) is 0 Å². The summed E-state index contributed by atoms with van der Waals surface area (Å²) in [6.07, 6.45) is 3.07. The van der Waals surface area contributed by atoms with Crippen LogP contribution in [0.15, 0.2) is 85.1 Å². The Balaban J connectivity index is 1.19. The summed E-state index contributed by atoms with van der Waals surface area (Å²) in [6, 6.07) is 24.7. The number of nitrogens with one attached hydrogen (secondary N) is 3. The molecule has 40 heavy (non-hydrogen) atoms. The average molecular weight is 538 g/mol. The highest BCUT2D eigenvalue weighted by Crippen LogP contribution is 2.27. The van der Waals surface area contributed by atoms with E-state index in [1.165, 1.54) is 0 Å². The molecule has 0 saturated carbocycles. The SMILES string of the molecule is CCN(C(=O)c1ccc[nH]1)c1ccc(Nc2ccc(NC(=O)c3ccc(N4CCC(O)CC4)cc3)cc2C)cc1. The Morgan fingerprint density at radius 3 is 2.30 bits per heavy atom. The number of carbonyl (C=O) groups excluding carboxylic acids is 2. The van der Waals surface area contributed by atoms with Crippen LogP contribution < -0.4 is 20.4 Å². The Morgan fingerprint density at radius 2 is 1.68 bits per heavy atom. The number of hydrogen-bond donors (Lipinski definition) is 4. The molecular weight excluding hydrogens is 502 g/mol. The first-order chi connectivity index (χ1) is 19.4. The largest absolute Gasteiger partial charge is 0.393 e. The quantitative estimate of drug-likeness (QED) is 0.223. The summed E-state index contributed by atoms with van der Waals surface area (Å²) in [4.78, 5) is 32.6. The summed E-state index contributed by atoms with van der Waals surface area (Å²) in [5.41, 5.74) is 6.58. The molecule has 5 rings (SSSR count). The number of aromatic amines is 1. The molecule has 0 atom stereocenters. The maximum Gasteiger partial charge on any atom is 0.274 e. The lowest BCUT2D eigenvalue weighted by atomic mass is 10.1. The van der Waals surface area contributed by atoms with Crippen LogP contribution in [0.2, 0.25) is 0 Å². The van der Waals surface area contributed by atoms with Crippen molar-refractivity contribution in [2.24, 2.45) is 0 Å². The second kappa shape index (κ2) is 12.1. The van der Waals surface area contributed by atoms with Gasteiger partial charge in [-0.05, 0) is 111 Å². The van der Waals surface area contributed by atoms with Gasteiger partial charge in [0.2, 0.25) is 0 Å². The zero-order chi connectivity index (χ0) is 28.1.